The zero-order chi connectivity index (χ0) is 34.0. The van der Waals surface area contributed by atoms with E-state index in [9.17, 15) is 18.3 Å². The Labute approximate surface area is 280 Å². The Kier molecular flexibility index (Phi) is 7.91. The van der Waals surface area contributed by atoms with Gasteiger partial charge in [0, 0.05) is 54.7 Å². The first-order valence-corrected chi connectivity index (χ1v) is 16.7. The third-order valence-electron chi connectivity index (χ3n) is 10.6. The van der Waals surface area contributed by atoms with E-state index in [0.29, 0.717) is 59.1 Å². The maximum absolute atomic E-state index is 15.1. The van der Waals surface area contributed by atoms with Crippen molar-refractivity contribution in [1.29, 1.82) is 0 Å². The largest absolute Gasteiger partial charge is 0.508 e. The van der Waals surface area contributed by atoms with Gasteiger partial charge in [0.05, 0.1) is 22.3 Å². The predicted molar refractivity (Wildman–Crippen MR) is 177 cm³/mol. The van der Waals surface area contributed by atoms with Crippen molar-refractivity contribution in [2.45, 2.75) is 69.2 Å². The first-order valence-electron chi connectivity index (χ1n) is 16.7. The van der Waals surface area contributed by atoms with Crippen molar-refractivity contribution < 1.29 is 32.1 Å². The third-order valence-corrected chi connectivity index (χ3v) is 10.6. The molecular weight excluding hydrogens is 640 g/mol. The number of nitrogens with zero attached hydrogens (tertiary/aromatic N) is 5. The number of aromatic hydroxyl groups is 1. The second-order valence-corrected chi connectivity index (χ2v) is 13.7. The minimum Gasteiger partial charge on any atom is -0.508 e. The number of fused-ring (bicyclic) bond motifs is 5. The van der Waals surface area contributed by atoms with Gasteiger partial charge in [0.25, 0.3) is 6.43 Å². The summed E-state index contributed by atoms with van der Waals surface area (Å²) < 4.78 is 69.1. The lowest BCUT2D eigenvalue weighted by Gasteiger charge is -2.35. The molecule has 0 amide bonds. The molecule has 0 saturated carbocycles. The summed E-state index contributed by atoms with van der Waals surface area (Å²) in [5.74, 6) is 1.97. The van der Waals surface area contributed by atoms with Crippen LogP contribution in [-0.2, 0) is 0 Å². The van der Waals surface area contributed by atoms with Gasteiger partial charge in [-0.05, 0) is 62.7 Å². The number of alkyl halides is 3. The van der Waals surface area contributed by atoms with Crippen molar-refractivity contribution in [2.75, 3.05) is 44.3 Å². The van der Waals surface area contributed by atoms with E-state index in [1.807, 2.05) is 0 Å². The van der Waals surface area contributed by atoms with Crippen LogP contribution in [0.5, 0.6) is 17.6 Å². The highest BCUT2D eigenvalue weighted by atomic mass is 19.3. The Bertz CT molecular complexity index is 1990. The van der Waals surface area contributed by atoms with Gasteiger partial charge in [-0.15, -0.1) is 6.42 Å². The lowest BCUT2D eigenvalue weighted by Crippen LogP contribution is -2.51. The average Bonchev–Trinajstić information content (AvgIpc) is 3.73. The van der Waals surface area contributed by atoms with Gasteiger partial charge in [-0.1, -0.05) is 12.0 Å². The number of aryl methyl sites for hydroxylation is 1. The van der Waals surface area contributed by atoms with Crippen LogP contribution in [-0.4, -0.2) is 94.6 Å². The molecule has 9 nitrogen and oxygen atoms in total. The Hall–Kier alpha value is -4.41. The number of anilines is 1. The summed E-state index contributed by atoms with van der Waals surface area (Å²) in [5.41, 5.74) is 0.850. The zero-order valence-corrected chi connectivity index (χ0v) is 27.0. The molecule has 2 aromatic carbocycles. The molecule has 4 fully saturated rings. The summed E-state index contributed by atoms with van der Waals surface area (Å²) in [4.78, 5) is 18.7. The van der Waals surface area contributed by atoms with Crippen LogP contribution in [0.3, 0.4) is 0 Å². The first kappa shape index (κ1) is 31.8. The molecule has 0 radical (unpaired) electrons. The molecule has 256 valence electrons. The highest BCUT2D eigenvalue weighted by molar-refractivity contribution is 6.05. The lowest BCUT2D eigenvalue weighted by atomic mass is 9.94. The fraction of sp³-hybridized carbons (Fsp3) is 0.472. The van der Waals surface area contributed by atoms with Crippen LogP contribution in [0, 0.1) is 25.1 Å². The minimum atomic E-state index is -2.80. The van der Waals surface area contributed by atoms with E-state index in [1.165, 1.54) is 24.3 Å². The van der Waals surface area contributed by atoms with Crippen molar-refractivity contribution in [3.63, 3.8) is 0 Å². The van der Waals surface area contributed by atoms with Crippen molar-refractivity contribution in [3.05, 3.63) is 41.2 Å². The normalized spacial score (nSPS) is 25.0. The molecule has 0 aliphatic carbocycles. The number of phenolic OH excluding ortho intramolecular Hbond substituents is 1. The minimum absolute atomic E-state index is 0.0318. The number of nitrogens with one attached hydrogen (secondary N) is 1. The number of hydrogen-bond donors (Lipinski definition) is 2. The fourth-order valence-corrected chi connectivity index (χ4v) is 8.42. The quantitative estimate of drug-likeness (QED) is 0.185. The topological polar surface area (TPSA) is 95.9 Å². The summed E-state index contributed by atoms with van der Waals surface area (Å²) in [5, 5.41) is 15.5. The first-order chi connectivity index (χ1) is 23.6. The van der Waals surface area contributed by atoms with Gasteiger partial charge in [-0.2, -0.15) is 9.97 Å². The van der Waals surface area contributed by atoms with Gasteiger partial charge < -0.3 is 24.8 Å². The van der Waals surface area contributed by atoms with E-state index in [0.717, 1.165) is 32.2 Å². The average molecular weight is 677 g/mol. The van der Waals surface area contributed by atoms with Crippen LogP contribution in [0.4, 0.5) is 23.4 Å². The Balaban J connectivity index is 1.34. The monoisotopic (exact) mass is 676 g/mol. The highest BCUT2D eigenvalue weighted by Crippen LogP contribution is 2.44. The number of ether oxygens (including phenoxy) is 2. The van der Waals surface area contributed by atoms with E-state index >= 15 is 4.39 Å². The van der Waals surface area contributed by atoms with E-state index in [1.54, 1.807) is 6.92 Å². The molecule has 4 aliphatic heterocycles. The highest BCUT2D eigenvalue weighted by Gasteiger charge is 2.49. The van der Waals surface area contributed by atoms with Gasteiger partial charge in [0.2, 0.25) is 5.88 Å². The molecule has 4 atom stereocenters. The number of piperazine rings is 1. The third kappa shape index (κ3) is 5.55. The summed E-state index contributed by atoms with van der Waals surface area (Å²) in [6.07, 6.45) is 6.12. The van der Waals surface area contributed by atoms with Crippen molar-refractivity contribution >= 4 is 27.5 Å². The number of benzene rings is 2. The van der Waals surface area contributed by atoms with Gasteiger partial charge in [-0.3, -0.25) is 4.90 Å². The lowest BCUT2D eigenvalue weighted by molar-refractivity contribution is 0.0805. The van der Waals surface area contributed by atoms with Gasteiger partial charge in [-0.25, -0.2) is 22.5 Å². The number of phenols is 1. The number of rotatable bonds is 8. The smallest absolute Gasteiger partial charge is 0.319 e. The molecule has 4 aromatic rings. The molecule has 0 spiro atoms. The molecule has 6 heterocycles. The molecular formula is C36H36F4N6O3. The molecule has 2 unspecified atom stereocenters. The van der Waals surface area contributed by atoms with E-state index in [-0.39, 0.29) is 53.2 Å². The maximum atomic E-state index is 15.1. The van der Waals surface area contributed by atoms with E-state index in [4.69, 9.17) is 30.8 Å². The van der Waals surface area contributed by atoms with Crippen LogP contribution in [0.2, 0.25) is 0 Å². The van der Waals surface area contributed by atoms with Crippen LogP contribution in [0.1, 0.15) is 43.2 Å². The maximum Gasteiger partial charge on any atom is 0.319 e. The van der Waals surface area contributed by atoms with Crippen LogP contribution in [0.25, 0.3) is 32.9 Å². The van der Waals surface area contributed by atoms with Crippen molar-refractivity contribution in [2.24, 2.45) is 0 Å². The number of halogens is 4. The second-order valence-electron chi connectivity index (χ2n) is 13.7. The fourth-order valence-electron chi connectivity index (χ4n) is 8.42. The number of pyridine rings is 1. The molecule has 49 heavy (non-hydrogen) atoms. The number of hydrogen-bond acceptors (Lipinski definition) is 9. The second kappa shape index (κ2) is 12.2. The van der Waals surface area contributed by atoms with Crippen LogP contribution < -0.4 is 19.7 Å². The van der Waals surface area contributed by atoms with Gasteiger partial charge in [0.15, 0.2) is 6.61 Å². The standard InChI is InChI=1S/C36H36F4N6O3/c1-3-25-27(38)8-5-20-11-24(47)12-26(29(20)25)31-19(2)32-30(34(42-31)48-17-28(39)40)33(45-15-22-6-7-23(16-45)41-22)44-35(43-32)49-18-36-9-4-10-46(36)14-21(37)13-36/h1,5,8,11-12,21-23,28,41,47H,4,6-7,9-10,13-18H2,2H3/t21-,22?,23?,36+/m1/s1. The molecule has 4 saturated heterocycles. The predicted octanol–water partition coefficient (Wildman–Crippen LogP) is 5.52. The Morgan fingerprint density at radius 1 is 1.10 bits per heavy atom. The summed E-state index contributed by atoms with van der Waals surface area (Å²) in [6, 6.07) is 6.10. The van der Waals surface area contributed by atoms with Crippen LogP contribution >= 0.6 is 0 Å². The van der Waals surface area contributed by atoms with Crippen LogP contribution in [0.15, 0.2) is 24.3 Å². The molecule has 8 rings (SSSR count). The molecule has 2 aromatic heterocycles. The molecule has 4 aliphatic rings. The Morgan fingerprint density at radius 3 is 2.65 bits per heavy atom. The number of terminal acetylenes is 1. The molecule has 2 bridgehead atoms. The summed E-state index contributed by atoms with van der Waals surface area (Å²) in [6.45, 7) is 3.40. The summed E-state index contributed by atoms with van der Waals surface area (Å²) >= 11 is 0. The van der Waals surface area contributed by atoms with Gasteiger partial charge >= 0.3 is 6.01 Å². The summed E-state index contributed by atoms with van der Waals surface area (Å²) in [7, 11) is 0. The van der Waals surface area contributed by atoms with Crippen molar-refractivity contribution in [1.82, 2.24) is 25.2 Å². The van der Waals surface area contributed by atoms with Crippen molar-refractivity contribution in [3.8, 4) is 41.2 Å². The van der Waals surface area contributed by atoms with E-state index < -0.39 is 30.6 Å². The SMILES string of the molecule is C#Cc1c(F)ccc2cc(O)cc(-c3nc(OCC(F)F)c4c(N5CC6CCC(C5)N6)nc(OC[C@@]56CCCN5C[C@H](F)C6)nc4c3C)c12. The van der Waals surface area contributed by atoms with Gasteiger partial charge in [0.1, 0.15) is 35.5 Å². The number of aromatic nitrogens is 3. The van der Waals surface area contributed by atoms with E-state index in [2.05, 4.69) is 21.0 Å². The molecule has 13 heteroatoms. The Morgan fingerprint density at radius 2 is 1.90 bits per heavy atom. The molecule has 2 N–H and O–H groups in total. The zero-order valence-electron chi connectivity index (χ0n) is 27.0.